The van der Waals surface area contributed by atoms with E-state index in [1.54, 1.807) is 42.5 Å². The molecule has 0 unspecified atom stereocenters. The highest BCUT2D eigenvalue weighted by molar-refractivity contribution is 6.31. The highest BCUT2D eigenvalue weighted by Crippen LogP contribution is 2.14. The van der Waals surface area contributed by atoms with Crippen LogP contribution < -0.4 is 10.6 Å². The van der Waals surface area contributed by atoms with E-state index in [2.05, 4.69) is 10.6 Å². The molecule has 0 spiro atoms. The fourth-order valence-electron chi connectivity index (χ4n) is 2.07. The maximum atomic E-state index is 11.9. The van der Waals surface area contributed by atoms with Crippen LogP contribution in [0.5, 0.6) is 0 Å². The predicted octanol–water partition coefficient (Wildman–Crippen LogP) is 3.19. The fourth-order valence-corrected chi connectivity index (χ4v) is 2.27. The van der Waals surface area contributed by atoms with Crippen molar-refractivity contribution in [3.63, 3.8) is 0 Å². The van der Waals surface area contributed by atoms with Crippen molar-refractivity contribution >= 4 is 34.9 Å². The Labute approximate surface area is 145 Å². The molecule has 124 valence electrons. The Kier molecular flexibility index (Phi) is 6.09. The number of hydrogen-bond acceptors (Lipinski definition) is 3. The quantitative estimate of drug-likeness (QED) is 0.624. The monoisotopic (exact) mass is 344 g/mol. The SMILES string of the molecule is CC(=O)c1cccc(NC(=O)CC(=O)NCc2ccccc2Cl)c1. The van der Waals surface area contributed by atoms with Gasteiger partial charge in [-0.2, -0.15) is 0 Å². The summed E-state index contributed by atoms with van der Waals surface area (Å²) in [6, 6.07) is 13.7. The number of halogens is 1. The fraction of sp³-hybridized carbons (Fsp3) is 0.167. The number of carbonyl (C=O) groups excluding carboxylic acids is 3. The Bertz CT molecular complexity index is 774. The van der Waals surface area contributed by atoms with Gasteiger partial charge in [0.05, 0.1) is 0 Å². The number of hydrogen-bond donors (Lipinski definition) is 2. The van der Waals surface area contributed by atoms with E-state index in [4.69, 9.17) is 11.6 Å². The van der Waals surface area contributed by atoms with Crippen molar-refractivity contribution in [3.05, 3.63) is 64.7 Å². The lowest BCUT2D eigenvalue weighted by Gasteiger charge is -2.08. The van der Waals surface area contributed by atoms with Gasteiger partial charge in [-0.05, 0) is 30.7 Å². The molecule has 0 heterocycles. The number of amides is 2. The highest BCUT2D eigenvalue weighted by atomic mass is 35.5. The first-order chi connectivity index (χ1) is 11.5. The zero-order valence-electron chi connectivity index (χ0n) is 13.1. The van der Waals surface area contributed by atoms with Crippen molar-refractivity contribution in [2.24, 2.45) is 0 Å². The molecule has 0 saturated heterocycles. The lowest BCUT2D eigenvalue weighted by Crippen LogP contribution is -2.27. The van der Waals surface area contributed by atoms with E-state index in [0.29, 0.717) is 16.3 Å². The summed E-state index contributed by atoms with van der Waals surface area (Å²) in [5.41, 5.74) is 1.75. The number of anilines is 1. The molecule has 24 heavy (non-hydrogen) atoms. The summed E-state index contributed by atoms with van der Waals surface area (Å²) in [6.07, 6.45) is -0.311. The molecular weight excluding hydrogens is 328 g/mol. The van der Waals surface area contributed by atoms with Crippen LogP contribution >= 0.6 is 11.6 Å². The molecule has 0 atom stereocenters. The van der Waals surface area contributed by atoms with Crippen LogP contribution in [0.15, 0.2) is 48.5 Å². The molecule has 0 radical (unpaired) electrons. The molecule has 0 aliphatic heterocycles. The maximum Gasteiger partial charge on any atom is 0.233 e. The second-order valence-electron chi connectivity index (χ2n) is 5.23. The summed E-state index contributed by atoms with van der Waals surface area (Å²) in [5, 5.41) is 5.81. The van der Waals surface area contributed by atoms with E-state index in [0.717, 1.165) is 5.56 Å². The van der Waals surface area contributed by atoms with Gasteiger partial charge in [-0.1, -0.05) is 41.9 Å². The van der Waals surface area contributed by atoms with Crippen LogP contribution in [-0.4, -0.2) is 17.6 Å². The van der Waals surface area contributed by atoms with E-state index in [1.807, 2.05) is 6.07 Å². The number of rotatable bonds is 6. The van der Waals surface area contributed by atoms with E-state index in [-0.39, 0.29) is 18.7 Å². The Morgan fingerprint density at radius 3 is 2.46 bits per heavy atom. The summed E-state index contributed by atoms with van der Waals surface area (Å²) in [6.45, 7) is 1.70. The zero-order chi connectivity index (χ0) is 17.5. The van der Waals surface area contributed by atoms with Gasteiger partial charge in [-0.3, -0.25) is 14.4 Å². The third-order valence-electron chi connectivity index (χ3n) is 3.31. The molecule has 5 nitrogen and oxygen atoms in total. The van der Waals surface area contributed by atoms with E-state index in [9.17, 15) is 14.4 Å². The molecule has 2 amide bonds. The molecule has 0 saturated carbocycles. The molecule has 2 N–H and O–H groups in total. The predicted molar refractivity (Wildman–Crippen MR) is 93.0 cm³/mol. The van der Waals surface area contributed by atoms with Crippen LogP contribution in [-0.2, 0) is 16.1 Å². The van der Waals surface area contributed by atoms with Gasteiger partial charge in [-0.15, -0.1) is 0 Å². The van der Waals surface area contributed by atoms with E-state index < -0.39 is 11.8 Å². The van der Waals surface area contributed by atoms with Crippen LogP contribution in [0.3, 0.4) is 0 Å². The van der Waals surface area contributed by atoms with Gasteiger partial charge < -0.3 is 10.6 Å². The molecule has 0 aromatic heterocycles. The molecule has 0 bridgehead atoms. The smallest absolute Gasteiger partial charge is 0.233 e. The second kappa shape index (κ2) is 8.26. The number of nitrogens with one attached hydrogen (secondary N) is 2. The summed E-state index contributed by atoms with van der Waals surface area (Å²) >= 11 is 6.00. The molecule has 0 fully saturated rings. The third kappa shape index (κ3) is 5.21. The number of ketones is 1. The van der Waals surface area contributed by atoms with Gasteiger partial charge in [0.1, 0.15) is 6.42 Å². The molecule has 2 aromatic carbocycles. The summed E-state index contributed by atoms with van der Waals surface area (Å²) in [5.74, 6) is -0.953. The summed E-state index contributed by atoms with van der Waals surface area (Å²) in [4.78, 5) is 35.1. The van der Waals surface area contributed by atoms with Crippen LogP contribution in [0.2, 0.25) is 5.02 Å². The Balaban J connectivity index is 1.86. The lowest BCUT2D eigenvalue weighted by atomic mass is 10.1. The van der Waals surface area contributed by atoms with Crippen molar-refractivity contribution in [1.29, 1.82) is 0 Å². The zero-order valence-corrected chi connectivity index (χ0v) is 13.9. The van der Waals surface area contributed by atoms with Crippen molar-refractivity contribution in [2.75, 3.05) is 5.32 Å². The Morgan fingerprint density at radius 1 is 1.00 bits per heavy atom. The minimum absolute atomic E-state index is 0.0939. The molecular formula is C18H17ClN2O3. The number of carbonyl (C=O) groups is 3. The molecule has 2 rings (SSSR count). The van der Waals surface area contributed by atoms with Crippen LogP contribution in [0, 0.1) is 0 Å². The summed E-state index contributed by atoms with van der Waals surface area (Å²) < 4.78 is 0. The van der Waals surface area contributed by atoms with Crippen molar-refractivity contribution in [3.8, 4) is 0 Å². The molecule has 2 aromatic rings. The van der Waals surface area contributed by atoms with Crippen molar-refractivity contribution < 1.29 is 14.4 Å². The molecule has 0 aliphatic carbocycles. The van der Waals surface area contributed by atoms with Crippen LogP contribution in [0.4, 0.5) is 5.69 Å². The number of Topliss-reactive ketones (excluding diaryl/α,β-unsaturated/α-hetero) is 1. The van der Waals surface area contributed by atoms with Crippen molar-refractivity contribution in [1.82, 2.24) is 5.32 Å². The minimum atomic E-state index is -0.452. The Morgan fingerprint density at radius 2 is 1.75 bits per heavy atom. The average molecular weight is 345 g/mol. The first-order valence-corrected chi connectivity index (χ1v) is 7.74. The molecule has 0 aliphatic rings. The number of benzene rings is 2. The largest absolute Gasteiger partial charge is 0.352 e. The van der Waals surface area contributed by atoms with Gasteiger partial charge in [0.25, 0.3) is 0 Å². The average Bonchev–Trinajstić information content (AvgIpc) is 2.54. The highest BCUT2D eigenvalue weighted by Gasteiger charge is 2.11. The molecule has 6 heteroatoms. The first-order valence-electron chi connectivity index (χ1n) is 7.36. The normalized spacial score (nSPS) is 10.1. The van der Waals surface area contributed by atoms with Gasteiger partial charge in [0.2, 0.25) is 11.8 Å². The van der Waals surface area contributed by atoms with Gasteiger partial charge in [0.15, 0.2) is 5.78 Å². The summed E-state index contributed by atoms with van der Waals surface area (Å²) in [7, 11) is 0. The lowest BCUT2D eigenvalue weighted by molar-refractivity contribution is -0.126. The van der Waals surface area contributed by atoms with E-state index in [1.165, 1.54) is 6.92 Å². The first kappa shape index (κ1) is 17.7. The van der Waals surface area contributed by atoms with Gasteiger partial charge in [-0.25, -0.2) is 0 Å². The van der Waals surface area contributed by atoms with Crippen LogP contribution in [0.1, 0.15) is 29.3 Å². The topological polar surface area (TPSA) is 75.3 Å². The van der Waals surface area contributed by atoms with Crippen LogP contribution in [0.25, 0.3) is 0 Å². The van der Waals surface area contributed by atoms with Gasteiger partial charge in [0, 0.05) is 22.8 Å². The minimum Gasteiger partial charge on any atom is -0.352 e. The van der Waals surface area contributed by atoms with E-state index >= 15 is 0 Å². The second-order valence-corrected chi connectivity index (χ2v) is 5.64. The van der Waals surface area contributed by atoms with Gasteiger partial charge >= 0.3 is 0 Å². The Hall–Kier alpha value is -2.66. The third-order valence-corrected chi connectivity index (χ3v) is 3.68. The van der Waals surface area contributed by atoms with Crippen molar-refractivity contribution in [2.45, 2.75) is 19.9 Å². The standard InChI is InChI=1S/C18H17ClN2O3/c1-12(22)13-6-4-7-15(9-13)21-18(24)10-17(23)20-11-14-5-2-3-8-16(14)19/h2-9H,10-11H2,1H3,(H,20,23)(H,21,24). The maximum absolute atomic E-state index is 11.9.